The molecule has 0 saturated carbocycles. The van der Waals surface area contributed by atoms with Crippen LogP contribution in [-0.2, 0) is 9.53 Å². The van der Waals surface area contributed by atoms with E-state index in [1.807, 2.05) is 23.1 Å². The Hall–Kier alpha value is -1.39. The Balaban J connectivity index is 2.05. The minimum absolute atomic E-state index is 0.0936. The molecule has 1 saturated heterocycles. The van der Waals surface area contributed by atoms with Crippen LogP contribution in [0.25, 0.3) is 0 Å². The van der Waals surface area contributed by atoms with Gasteiger partial charge in [0.15, 0.2) is 0 Å². The number of nitrogens with two attached hydrogens (primary N) is 1. The topological polar surface area (TPSA) is 55.6 Å². The van der Waals surface area contributed by atoms with Crippen molar-refractivity contribution in [2.45, 2.75) is 31.9 Å². The van der Waals surface area contributed by atoms with Gasteiger partial charge < -0.3 is 15.4 Å². The Labute approximate surface area is 114 Å². The maximum atomic E-state index is 12.4. The molecule has 2 N–H and O–H groups in total. The molecule has 4 nitrogen and oxygen atoms in total. The molecule has 19 heavy (non-hydrogen) atoms. The number of amides is 1. The van der Waals surface area contributed by atoms with Gasteiger partial charge in [-0.1, -0.05) is 30.3 Å². The summed E-state index contributed by atoms with van der Waals surface area (Å²) in [6.07, 6.45) is 1.22. The van der Waals surface area contributed by atoms with E-state index in [0.717, 1.165) is 12.0 Å². The molecule has 2 atom stereocenters. The lowest BCUT2D eigenvalue weighted by Crippen LogP contribution is -2.48. The molecule has 0 radical (unpaired) electrons. The van der Waals surface area contributed by atoms with Gasteiger partial charge in [0.05, 0.1) is 12.6 Å². The molecule has 1 aromatic carbocycles. The van der Waals surface area contributed by atoms with Gasteiger partial charge in [-0.15, -0.1) is 0 Å². The van der Waals surface area contributed by atoms with E-state index in [-0.39, 0.29) is 18.1 Å². The first-order valence-electron chi connectivity index (χ1n) is 6.91. The summed E-state index contributed by atoms with van der Waals surface area (Å²) in [5, 5.41) is 0. The van der Waals surface area contributed by atoms with Crippen LogP contribution in [0.1, 0.15) is 31.4 Å². The van der Waals surface area contributed by atoms with Crippen molar-refractivity contribution in [3.63, 3.8) is 0 Å². The fourth-order valence-corrected chi connectivity index (χ4v) is 2.47. The highest BCUT2D eigenvalue weighted by molar-refractivity contribution is 5.82. The molecule has 0 bridgehead atoms. The van der Waals surface area contributed by atoms with Crippen LogP contribution in [0.5, 0.6) is 0 Å². The van der Waals surface area contributed by atoms with E-state index < -0.39 is 0 Å². The number of rotatable bonds is 5. The van der Waals surface area contributed by atoms with Gasteiger partial charge in [-0.3, -0.25) is 4.79 Å². The van der Waals surface area contributed by atoms with Crippen LogP contribution in [0.4, 0.5) is 0 Å². The van der Waals surface area contributed by atoms with Gasteiger partial charge in [0.1, 0.15) is 6.10 Å². The largest absolute Gasteiger partial charge is 0.367 e. The molecule has 104 valence electrons. The molecule has 1 heterocycles. The molecule has 1 amide bonds. The second kappa shape index (κ2) is 6.68. The van der Waals surface area contributed by atoms with Gasteiger partial charge in [-0.2, -0.15) is 0 Å². The third-order valence-electron chi connectivity index (χ3n) is 3.63. The minimum Gasteiger partial charge on any atom is -0.367 e. The Morgan fingerprint density at radius 2 is 2.16 bits per heavy atom. The lowest BCUT2D eigenvalue weighted by Gasteiger charge is -2.36. The highest BCUT2D eigenvalue weighted by Crippen LogP contribution is 2.24. The fourth-order valence-electron chi connectivity index (χ4n) is 2.47. The van der Waals surface area contributed by atoms with Crippen molar-refractivity contribution < 1.29 is 9.53 Å². The van der Waals surface area contributed by atoms with Crippen molar-refractivity contribution in [2.75, 3.05) is 19.7 Å². The molecule has 0 aromatic heterocycles. The van der Waals surface area contributed by atoms with Gasteiger partial charge in [0, 0.05) is 6.54 Å². The Morgan fingerprint density at radius 3 is 2.84 bits per heavy atom. The Kier molecular flexibility index (Phi) is 4.93. The summed E-state index contributed by atoms with van der Waals surface area (Å²) in [7, 11) is 0. The van der Waals surface area contributed by atoms with Crippen LogP contribution >= 0.6 is 0 Å². The van der Waals surface area contributed by atoms with Crippen LogP contribution in [0, 0.1) is 0 Å². The van der Waals surface area contributed by atoms with Crippen LogP contribution in [0.2, 0.25) is 0 Å². The first-order chi connectivity index (χ1) is 9.24. The predicted octanol–water partition coefficient (Wildman–Crippen LogP) is 1.71. The van der Waals surface area contributed by atoms with Crippen LogP contribution in [0.3, 0.4) is 0 Å². The lowest BCUT2D eigenvalue weighted by molar-refractivity contribution is -0.156. The highest BCUT2D eigenvalue weighted by atomic mass is 16.5. The SMILES string of the molecule is CC(c1ccccc1)N1CCOC(CCCN)C1=O. The van der Waals surface area contributed by atoms with Gasteiger partial charge in [0.25, 0.3) is 5.91 Å². The third kappa shape index (κ3) is 3.33. The Morgan fingerprint density at radius 1 is 1.42 bits per heavy atom. The maximum Gasteiger partial charge on any atom is 0.252 e. The van der Waals surface area contributed by atoms with Crippen molar-refractivity contribution in [1.29, 1.82) is 0 Å². The van der Waals surface area contributed by atoms with Crippen molar-refractivity contribution in [1.82, 2.24) is 4.90 Å². The number of nitrogens with zero attached hydrogens (tertiary/aromatic N) is 1. The zero-order chi connectivity index (χ0) is 13.7. The summed E-state index contributed by atoms with van der Waals surface area (Å²) in [4.78, 5) is 14.3. The number of morpholine rings is 1. The molecule has 0 aliphatic carbocycles. The van der Waals surface area contributed by atoms with Crippen molar-refractivity contribution >= 4 is 5.91 Å². The van der Waals surface area contributed by atoms with E-state index in [1.54, 1.807) is 0 Å². The summed E-state index contributed by atoms with van der Waals surface area (Å²) in [6.45, 7) is 3.94. The van der Waals surface area contributed by atoms with E-state index in [0.29, 0.717) is 26.1 Å². The highest BCUT2D eigenvalue weighted by Gasteiger charge is 2.32. The first-order valence-corrected chi connectivity index (χ1v) is 6.91. The normalized spacial score (nSPS) is 21.5. The van der Waals surface area contributed by atoms with E-state index in [1.165, 1.54) is 0 Å². The second-order valence-corrected chi connectivity index (χ2v) is 4.91. The van der Waals surface area contributed by atoms with Gasteiger partial charge in [-0.25, -0.2) is 0 Å². The Bertz CT molecular complexity index is 408. The molecule has 1 fully saturated rings. The molecule has 0 spiro atoms. The number of carbonyl (C=O) groups is 1. The lowest BCUT2D eigenvalue weighted by atomic mass is 10.0. The summed E-state index contributed by atoms with van der Waals surface area (Å²) >= 11 is 0. The van der Waals surface area contributed by atoms with Crippen LogP contribution < -0.4 is 5.73 Å². The van der Waals surface area contributed by atoms with Crippen molar-refractivity contribution in [3.05, 3.63) is 35.9 Å². The molecule has 4 heteroatoms. The average molecular weight is 262 g/mol. The molecule has 1 aromatic rings. The molecular formula is C15H22N2O2. The molecular weight excluding hydrogens is 240 g/mol. The zero-order valence-electron chi connectivity index (χ0n) is 11.4. The summed E-state index contributed by atoms with van der Waals surface area (Å²) < 4.78 is 5.56. The summed E-state index contributed by atoms with van der Waals surface area (Å²) in [5.41, 5.74) is 6.66. The first kappa shape index (κ1) is 14.0. The van der Waals surface area contributed by atoms with E-state index in [4.69, 9.17) is 10.5 Å². The number of carbonyl (C=O) groups excluding carboxylic acids is 1. The van der Waals surface area contributed by atoms with Crippen molar-refractivity contribution in [3.8, 4) is 0 Å². The average Bonchev–Trinajstić information content (AvgIpc) is 2.46. The predicted molar refractivity (Wildman–Crippen MR) is 74.6 cm³/mol. The van der Waals surface area contributed by atoms with Crippen LogP contribution in [0.15, 0.2) is 30.3 Å². The maximum absolute atomic E-state index is 12.4. The third-order valence-corrected chi connectivity index (χ3v) is 3.63. The number of benzene rings is 1. The van der Waals surface area contributed by atoms with E-state index in [9.17, 15) is 4.79 Å². The van der Waals surface area contributed by atoms with Crippen molar-refractivity contribution in [2.24, 2.45) is 5.73 Å². The monoisotopic (exact) mass is 262 g/mol. The van der Waals surface area contributed by atoms with Gasteiger partial charge in [0.2, 0.25) is 0 Å². The van der Waals surface area contributed by atoms with Gasteiger partial charge >= 0.3 is 0 Å². The molecule has 2 rings (SSSR count). The van der Waals surface area contributed by atoms with E-state index in [2.05, 4.69) is 19.1 Å². The summed E-state index contributed by atoms with van der Waals surface area (Å²) in [6, 6.07) is 10.2. The molecule has 1 aliphatic heterocycles. The quantitative estimate of drug-likeness (QED) is 0.879. The fraction of sp³-hybridized carbons (Fsp3) is 0.533. The standard InChI is InChI=1S/C15H22N2O2/c1-12(13-6-3-2-4-7-13)17-10-11-19-14(15(17)18)8-5-9-16/h2-4,6-7,12,14H,5,8-11,16H2,1H3. The number of hydrogen-bond acceptors (Lipinski definition) is 3. The van der Waals surface area contributed by atoms with Gasteiger partial charge in [-0.05, 0) is 31.9 Å². The second-order valence-electron chi connectivity index (χ2n) is 4.91. The summed E-state index contributed by atoms with van der Waals surface area (Å²) in [5.74, 6) is 0.0936. The van der Waals surface area contributed by atoms with E-state index >= 15 is 0 Å². The molecule has 2 unspecified atom stereocenters. The minimum atomic E-state index is -0.316. The zero-order valence-corrected chi connectivity index (χ0v) is 11.4. The number of ether oxygens (including phenoxy) is 1. The molecule has 1 aliphatic rings. The van der Waals surface area contributed by atoms with Crippen LogP contribution in [-0.4, -0.2) is 36.6 Å². The smallest absolute Gasteiger partial charge is 0.252 e. The number of hydrogen-bond donors (Lipinski definition) is 1.